The number of likely N-dealkylation sites (tertiary alicyclic amines) is 1. The van der Waals surface area contributed by atoms with E-state index in [2.05, 4.69) is 15.3 Å². The number of nitrogens with zero attached hydrogens (tertiary/aromatic N) is 4. The summed E-state index contributed by atoms with van der Waals surface area (Å²) in [5.41, 5.74) is -0.915. The van der Waals surface area contributed by atoms with E-state index in [1.165, 1.54) is 4.90 Å². The number of aliphatic hydroxyl groups is 1. The molecule has 2 N–H and O–H groups in total. The summed E-state index contributed by atoms with van der Waals surface area (Å²) < 4.78 is 37.9. The molecule has 1 aromatic rings. The Morgan fingerprint density at radius 1 is 1.44 bits per heavy atom. The van der Waals surface area contributed by atoms with Gasteiger partial charge in [-0.2, -0.15) is 13.2 Å². The Balaban J connectivity index is 0.00000364. The van der Waals surface area contributed by atoms with Gasteiger partial charge in [-0.3, -0.25) is 4.79 Å². The number of hydrogen-bond donors (Lipinski definition) is 2. The van der Waals surface area contributed by atoms with Crippen LogP contribution in [0.25, 0.3) is 0 Å². The summed E-state index contributed by atoms with van der Waals surface area (Å²) in [6.07, 6.45) is -3.70. The van der Waals surface area contributed by atoms with E-state index in [0.717, 1.165) is 16.7 Å². The number of thiazole rings is 1. The van der Waals surface area contributed by atoms with Crippen LogP contribution >= 0.6 is 35.3 Å². The van der Waals surface area contributed by atoms with Crippen LogP contribution in [0, 0.1) is 0 Å². The van der Waals surface area contributed by atoms with Crippen molar-refractivity contribution >= 4 is 47.2 Å². The Morgan fingerprint density at radius 2 is 2.07 bits per heavy atom. The number of nitrogens with one attached hydrogen (secondary N) is 1. The lowest BCUT2D eigenvalue weighted by molar-refractivity contribution is -0.140. The van der Waals surface area contributed by atoms with Gasteiger partial charge in [-0.25, -0.2) is 9.98 Å². The number of piperidine rings is 1. The van der Waals surface area contributed by atoms with Gasteiger partial charge in [0.15, 0.2) is 11.7 Å². The number of carbonyl (C=O) groups excluding carboxylic acids is 1. The summed E-state index contributed by atoms with van der Waals surface area (Å²) in [5, 5.41) is 13.9. The highest BCUT2D eigenvalue weighted by Crippen LogP contribution is 2.29. The van der Waals surface area contributed by atoms with Crippen LogP contribution in [-0.4, -0.2) is 71.6 Å². The second-order valence-electron chi connectivity index (χ2n) is 6.12. The maximum absolute atomic E-state index is 12.6. The van der Waals surface area contributed by atoms with Gasteiger partial charge in [0.2, 0.25) is 5.91 Å². The number of carbonyl (C=O) groups is 1. The predicted octanol–water partition coefficient (Wildman–Crippen LogP) is 1.77. The molecule has 0 radical (unpaired) electrons. The first-order valence-corrected chi connectivity index (χ1v) is 8.98. The van der Waals surface area contributed by atoms with Crippen molar-refractivity contribution in [3.63, 3.8) is 0 Å². The molecule has 7 nitrogen and oxygen atoms in total. The highest BCUT2D eigenvalue weighted by atomic mass is 127. The van der Waals surface area contributed by atoms with Crippen LogP contribution in [0.15, 0.2) is 10.4 Å². The normalized spacial score (nSPS) is 16.1. The molecule has 154 valence electrons. The van der Waals surface area contributed by atoms with Gasteiger partial charge in [0.05, 0.1) is 12.6 Å². The van der Waals surface area contributed by atoms with Crippen LogP contribution in [0.2, 0.25) is 0 Å². The molecule has 0 spiro atoms. The van der Waals surface area contributed by atoms with Crippen LogP contribution in [0.4, 0.5) is 13.2 Å². The zero-order valence-electron chi connectivity index (χ0n) is 15.0. The van der Waals surface area contributed by atoms with Gasteiger partial charge >= 0.3 is 6.18 Å². The molecule has 0 unspecified atom stereocenters. The van der Waals surface area contributed by atoms with E-state index in [4.69, 9.17) is 0 Å². The number of rotatable bonds is 4. The number of alkyl halides is 3. The second kappa shape index (κ2) is 10.4. The minimum atomic E-state index is -4.47. The standard InChI is InChI=1S/C15H22F3N5O2S.HI/c1-22(2)13(25)8-20-14(23-5-3-10(24)4-6-23)19-7-12-21-11(9-26-12)15(16,17)18;/h9-10,24H,3-8H2,1-2H3,(H,19,20);1H. The van der Waals surface area contributed by atoms with Gasteiger partial charge < -0.3 is 20.2 Å². The summed E-state index contributed by atoms with van der Waals surface area (Å²) in [6.45, 7) is 1.11. The number of aliphatic hydroxyl groups excluding tert-OH is 1. The fourth-order valence-electron chi connectivity index (χ4n) is 2.31. The molecule has 1 amide bonds. The fourth-order valence-corrected chi connectivity index (χ4v) is 3.05. The molecule has 1 aromatic heterocycles. The van der Waals surface area contributed by atoms with Crippen molar-refractivity contribution in [3.8, 4) is 0 Å². The van der Waals surface area contributed by atoms with Gasteiger partial charge in [0.1, 0.15) is 11.6 Å². The first-order valence-electron chi connectivity index (χ1n) is 8.10. The van der Waals surface area contributed by atoms with Gasteiger partial charge in [-0.1, -0.05) is 0 Å². The Kier molecular flexibility index (Phi) is 9.21. The summed E-state index contributed by atoms with van der Waals surface area (Å²) >= 11 is 0.912. The third kappa shape index (κ3) is 7.41. The van der Waals surface area contributed by atoms with Gasteiger partial charge in [-0.15, -0.1) is 35.3 Å². The molecule has 2 rings (SSSR count). The van der Waals surface area contributed by atoms with E-state index in [0.29, 0.717) is 31.9 Å². The minimum absolute atomic E-state index is 0. The van der Waals surface area contributed by atoms with Gasteiger partial charge in [0, 0.05) is 32.6 Å². The molecular weight excluding hydrogens is 498 g/mol. The molecular formula is C15H23F3IN5O2S. The van der Waals surface area contributed by atoms with Crippen molar-refractivity contribution < 1.29 is 23.1 Å². The van der Waals surface area contributed by atoms with Crippen molar-refractivity contribution in [2.75, 3.05) is 33.7 Å². The largest absolute Gasteiger partial charge is 0.434 e. The topological polar surface area (TPSA) is 81.1 Å². The van der Waals surface area contributed by atoms with Gasteiger partial charge in [-0.05, 0) is 12.8 Å². The maximum Gasteiger partial charge on any atom is 0.434 e. The third-order valence-corrected chi connectivity index (χ3v) is 4.72. The lowest BCUT2D eigenvalue weighted by atomic mass is 10.1. The second-order valence-corrected chi connectivity index (χ2v) is 7.07. The van der Waals surface area contributed by atoms with Crippen LogP contribution < -0.4 is 5.32 Å². The van der Waals surface area contributed by atoms with Crippen molar-refractivity contribution in [1.82, 2.24) is 20.1 Å². The van der Waals surface area contributed by atoms with E-state index in [1.807, 2.05) is 4.90 Å². The maximum atomic E-state index is 12.6. The predicted molar refractivity (Wildman–Crippen MR) is 107 cm³/mol. The fraction of sp³-hybridized carbons (Fsp3) is 0.667. The molecule has 0 saturated carbocycles. The van der Waals surface area contributed by atoms with E-state index < -0.39 is 11.9 Å². The third-order valence-electron chi connectivity index (χ3n) is 3.87. The number of hydrogen-bond acceptors (Lipinski definition) is 5. The molecule has 1 aliphatic rings. The molecule has 0 atom stereocenters. The molecule has 12 heteroatoms. The number of halogens is 4. The average Bonchev–Trinajstić information content (AvgIpc) is 3.05. The van der Waals surface area contributed by atoms with Crippen molar-refractivity contribution in [3.05, 3.63) is 16.1 Å². The lowest BCUT2D eigenvalue weighted by Crippen LogP contribution is -2.46. The molecule has 1 saturated heterocycles. The van der Waals surface area contributed by atoms with Crippen LogP contribution in [0.1, 0.15) is 23.5 Å². The SMILES string of the molecule is CN(C)C(=O)CN=C(NCc1nc(C(F)(F)F)cs1)N1CCC(O)CC1.I. The molecule has 1 aliphatic heterocycles. The zero-order chi connectivity index (χ0) is 19.3. The molecule has 27 heavy (non-hydrogen) atoms. The van der Waals surface area contributed by atoms with Crippen LogP contribution in [0.5, 0.6) is 0 Å². The van der Waals surface area contributed by atoms with E-state index in [1.54, 1.807) is 14.1 Å². The first-order chi connectivity index (χ1) is 12.2. The first kappa shape index (κ1) is 23.9. The number of aliphatic imine (C=N–C) groups is 1. The van der Waals surface area contributed by atoms with Crippen molar-refractivity contribution in [2.24, 2.45) is 4.99 Å². The molecule has 2 heterocycles. The summed E-state index contributed by atoms with van der Waals surface area (Å²) in [7, 11) is 3.24. The molecule has 0 aromatic carbocycles. The molecule has 1 fully saturated rings. The van der Waals surface area contributed by atoms with E-state index in [-0.39, 0.29) is 54.1 Å². The molecule has 0 bridgehead atoms. The summed E-state index contributed by atoms with van der Waals surface area (Å²) in [5.74, 6) is 0.241. The van der Waals surface area contributed by atoms with E-state index >= 15 is 0 Å². The number of aromatic nitrogens is 1. The van der Waals surface area contributed by atoms with Gasteiger partial charge in [0.25, 0.3) is 0 Å². The van der Waals surface area contributed by atoms with Crippen LogP contribution in [-0.2, 0) is 17.5 Å². The summed E-state index contributed by atoms with van der Waals surface area (Å²) in [4.78, 5) is 22.9. The summed E-state index contributed by atoms with van der Waals surface area (Å²) in [6, 6.07) is 0. The molecule has 0 aliphatic carbocycles. The number of amides is 1. The smallest absolute Gasteiger partial charge is 0.393 e. The lowest BCUT2D eigenvalue weighted by Gasteiger charge is -2.32. The number of likely N-dealkylation sites (N-methyl/N-ethyl adjacent to an activating group) is 1. The van der Waals surface area contributed by atoms with Crippen molar-refractivity contribution in [1.29, 1.82) is 0 Å². The van der Waals surface area contributed by atoms with E-state index in [9.17, 15) is 23.1 Å². The number of guanidine groups is 1. The average molecular weight is 521 g/mol. The highest BCUT2D eigenvalue weighted by Gasteiger charge is 2.33. The quantitative estimate of drug-likeness (QED) is 0.359. The monoisotopic (exact) mass is 521 g/mol. The van der Waals surface area contributed by atoms with Crippen LogP contribution in [0.3, 0.4) is 0 Å². The highest BCUT2D eigenvalue weighted by molar-refractivity contribution is 14.0. The zero-order valence-corrected chi connectivity index (χ0v) is 18.1. The Bertz CT molecular complexity index is 646. The Morgan fingerprint density at radius 3 is 2.59 bits per heavy atom. The van der Waals surface area contributed by atoms with Crippen molar-refractivity contribution in [2.45, 2.75) is 31.7 Å². The minimum Gasteiger partial charge on any atom is -0.393 e. The Labute approximate surface area is 176 Å². The Hall–Kier alpha value is -1.15.